The molecular weight excluding hydrogens is 326 g/mol. The Hall–Kier alpha value is -1.53. The van der Waals surface area contributed by atoms with Crippen molar-refractivity contribution < 1.29 is 4.42 Å². The van der Waals surface area contributed by atoms with Crippen molar-refractivity contribution in [3.05, 3.63) is 24.2 Å². The molecule has 6 heteroatoms. The Morgan fingerprint density at radius 2 is 2.08 bits per heavy atom. The van der Waals surface area contributed by atoms with Crippen LogP contribution in [0.5, 0.6) is 0 Å². The van der Waals surface area contributed by atoms with Gasteiger partial charge in [0.1, 0.15) is 5.76 Å². The first-order valence-corrected chi connectivity index (χ1v) is 9.98. The van der Waals surface area contributed by atoms with E-state index in [1.165, 1.54) is 0 Å². The summed E-state index contributed by atoms with van der Waals surface area (Å²) >= 11 is 0. The zero-order valence-corrected chi connectivity index (χ0v) is 17.3. The number of nitrogens with zero attached hydrogens (tertiary/aromatic N) is 3. The molecule has 1 aliphatic rings. The lowest BCUT2D eigenvalue weighted by molar-refractivity contribution is 0.193. The Bertz CT molecular complexity index is 538. The van der Waals surface area contributed by atoms with E-state index in [0.717, 1.165) is 44.4 Å². The molecule has 1 saturated heterocycles. The van der Waals surface area contributed by atoms with Crippen LogP contribution in [0.1, 0.15) is 46.4 Å². The van der Waals surface area contributed by atoms with Gasteiger partial charge in [-0.25, -0.2) is 0 Å². The van der Waals surface area contributed by atoms with Gasteiger partial charge < -0.3 is 15.1 Å². The van der Waals surface area contributed by atoms with Crippen LogP contribution in [0.3, 0.4) is 0 Å². The second-order valence-electron chi connectivity index (χ2n) is 7.48. The van der Waals surface area contributed by atoms with E-state index >= 15 is 0 Å². The van der Waals surface area contributed by atoms with Gasteiger partial charge in [-0.05, 0) is 45.0 Å². The van der Waals surface area contributed by atoms with Crippen LogP contribution in [0.25, 0.3) is 0 Å². The number of furan rings is 1. The first-order valence-electron chi connectivity index (χ1n) is 9.98. The minimum atomic E-state index is 0.201. The minimum absolute atomic E-state index is 0.201. The van der Waals surface area contributed by atoms with Gasteiger partial charge in [-0.3, -0.25) is 14.8 Å². The van der Waals surface area contributed by atoms with Crippen molar-refractivity contribution in [1.29, 1.82) is 0 Å². The third kappa shape index (κ3) is 5.24. The highest BCUT2D eigenvalue weighted by Crippen LogP contribution is 2.21. The van der Waals surface area contributed by atoms with Crippen LogP contribution in [-0.2, 0) is 0 Å². The summed E-state index contributed by atoms with van der Waals surface area (Å²) in [5.41, 5.74) is 0. The Balaban J connectivity index is 1.96. The van der Waals surface area contributed by atoms with Crippen LogP contribution in [0.15, 0.2) is 27.8 Å². The standard InChI is InChI=1S/C20H37N5O/c1-7-24(8-2)18(19-10-9-11-26-19)12-22-20(21-6)23-17-14-25(15(3)4)13-16(17)5/h9-11,15-18H,7-8,12-14H2,1-6H3,(H2,21,22,23). The van der Waals surface area contributed by atoms with Crippen LogP contribution >= 0.6 is 0 Å². The molecule has 3 atom stereocenters. The summed E-state index contributed by atoms with van der Waals surface area (Å²) in [6.45, 7) is 16.2. The van der Waals surface area contributed by atoms with Crippen molar-refractivity contribution in [3.63, 3.8) is 0 Å². The van der Waals surface area contributed by atoms with Crippen molar-refractivity contribution >= 4 is 5.96 Å². The van der Waals surface area contributed by atoms with Crippen molar-refractivity contribution in [3.8, 4) is 0 Å². The lowest BCUT2D eigenvalue weighted by Crippen LogP contribution is -2.49. The van der Waals surface area contributed by atoms with E-state index < -0.39 is 0 Å². The number of likely N-dealkylation sites (N-methyl/N-ethyl adjacent to an activating group) is 1. The van der Waals surface area contributed by atoms with Crippen molar-refractivity contribution in [2.24, 2.45) is 10.9 Å². The molecule has 0 bridgehead atoms. The summed E-state index contributed by atoms with van der Waals surface area (Å²) in [6, 6.07) is 5.23. The molecule has 2 N–H and O–H groups in total. The highest BCUT2D eigenvalue weighted by atomic mass is 16.3. The van der Waals surface area contributed by atoms with Crippen molar-refractivity contribution in [2.75, 3.05) is 39.8 Å². The van der Waals surface area contributed by atoms with Crippen LogP contribution in [0, 0.1) is 5.92 Å². The quantitative estimate of drug-likeness (QED) is 0.549. The molecule has 0 aliphatic carbocycles. The summed E-state index contributed by atoms with van der Waals surface area (Å²) < 4.78 is 5.69. The summed E-state index contributed by atoms with van der Waals surface area (Å²) in [4.78, 5) is 9.37. The fraction of sp³-hybridized carbons (Fsp3) is 0.750. The number of nitrogens with one attached hydrogen (secondary N) is 2. The summed E-state index contributed by atoms with van der Waals surface area (Å²) in [6.07, 6.45) is 1.75. The Labute approximate surface area is 159 Å². The first kappa shape index (κ1) is 20.8. The maximum Gasteiger partial charge on any atom is 0.191 e. The molecule has 0 spiro atoms. The molecule has 0 aromatic carbocycles. The lowest BCUT2D eigenvalue weighted by Gasteiger charge is -2.29. The van der Waals surface area contributed by atoms with Crippen LogP contribution in [0.4, 0.5) is 0 Å². The van der Waals surface area contributed by atoms with Gasteiger partial charge in [0.25, 0.3) is 0 Å². The predicted molar refractivity (Wildman–Crippen MR) is 109 cm³/mol. The Kier molecular flexibility index (Phi) is 7.97. The smallest absolute Gasteiger partial charge is 0.191 e. The van der Waals surface area contributed by atoms with E-state index in [2.05, 4.69) is 66.1 Å². The second-order valence-corrected chi connectivity index (χ2v) is 7.48. The molecule has 0 amide bonds. The average Bonchev–Trinajstić information content (AvgIpc) is 3.27. The molecule has 0 saturated carbocycles. The van der Waals surface area contributed by atoms with Crippen LogP contribution in [0.2, 0.25) is 0 Å². The van der Waals surface area contributed by atoms with Gasteiger partial charge in [0.2, 0.25) is 0 Å². The first-order chi connectivity index (χ1) is 12.5. The molecule has 148 valence electrons. The highest BCUT2D eigenvalue weighted by Gasteiger charge is 2.31. The van der Waals surface area contributed by atoms with Gasteiger partial charge in [0.15, 0.2) is 5.96 Å². The predicted octanol–water partition coefficient (Wildman–Crippen LogP) is 2.56. The topological polar surface area (TPSA) is 56.0 Å². The van der Waals surface area contributed by atoms with Crippen molar-refractivity contribution in [2.45, 2.75) is 52.7 Å². The van der Waals surface area contributed by atoms with Gasteiger partial charge in [-0.1, -0.05) is 20.8 Å². The van der Waals surface area contributed by atoms with Gasteiger partial charge in [-0.2, -0.15) is 0 Å². The highest BCUT2D eigenvalue weighted by molar-refractivity contribution is 5.80. The van der Waals surface area contributed by atoms with E-state index in [4.69, 9.17) is 4.42 Å². The molecule has 26 heavy (non-hydrogen) atoms. The zero-order chi connectivity index (χ0) is 19.1. The molecule has 2 rings (SSSR count). The molecule has 1 aliphatic heterocycles. The van der Waals surface area contributed by atoms with E-state index in [9.17, 15) is 0 Å². The van der Waals surface area contributed by atoms with E-state index in [0.29, 0.717) is 18.0 Å². The molecule has 0 radical (unpaired) electrons. The number of rotatable bonds is 8. The largest absolute Gasteiger partial charge is 0.468 e. The lowest BCUT2D eigenvalue weighted by atomic mass is 10.1. The third-order valence-electron chi connectivity index (χ3n) is 5.50. The molecule has 6 nitrogen and oxygen atoms in total. The summed E-state index contributed by atoms with van der Waals surface area (Å²) in [5, 5.41) is 7.14. The normalized spacial score (nSPS) is 23.0. The molecular formula is C20H37N5O. The maximum atomic E-state index is 5.69. The monoisotopic (exact) mass is 363 g/mol. The molecule has 1 aromatic heterocycles. The van der Waals surface area contributed by atoms with Gasteiger partial charge in [0, 0.05) is 38.8 Å². The van der Waals surface area contributed by atoms with Crippen molar-refractivity contribution in [1.82, 2.24) is 20.4 Å². The van der Waals surface area contributed by atoms with E-state index in [1.54, 1.807) is 6.26 Å². The zero-order valence-electron chi connectivity index (χ0n) is 17.3. The Morgan fingerprint density at radius 3 is 2.58 bits per heavy atom. The molecule has 1 fully saturated rings. The number of hydrogen-bond acceptors (Lipinski definition) is 4. The Morgan fingerprint density at radius 1 is 1.35 bits per heavy atom. The fourth-order valence-electron chi connectivity index (χ4n) is 3.73. The number of likely N-dealkylation sites (tertiary alicyclic amines) is 1. The molecule has 1 aromatic rings. The summed E-state index contributed by atoms with van der Waals surface area (Å²) in [5.74, 6) is 2.48. The fourth-order valence-corrected chi connectivity index (χ4v) is 3.73. The van der Waals surface area contributed by atoms with Gasteiger partial charge >= 0.3 is 0 Å². The SMILES string of the molecule is CCN(CC)C(CNC(=NC)NC1CN(C(C)C)CC1C)c1ccco1. The number of hydrogen-bond donors (Lipinski definition) is 2. The summed E-state index contributed by atoms with van der Waals surface area (Å²) in [7, 11) is 1.84. The number of guanidine groups is 1. The maximum absolute atomic E-state index is 5.69. The van der Waals surface area contributed by atoms with Gasteiger partial charge in [0.05, 0.1) is 12.3 Å². The van der Waals surface area contributed by atoms with Gasteiger partial charge in [-0.15, -0.1) is 0 Å². The second kappa shape index (κ2) is 9.97. The molecule has 3 unspecified atom stereocenters. The van der Waals surface area contributed by atoms with Crippen LogP contribution < -0.4 is 10.6 Å². The third-order valence-corrected chi connectivity index (χ3v) is 5.50. The minimum Gasteiger partial charge on any atom is -0.468 e. The van der Waals surface area contributed by atoms with E-state index in [1.807, 2.05) is 13.1 Å². The number of aliphatic imine (C=N–C) groups is 1. The average molecular weight is 364 g/mol. The molecule has 2 heterocycles. The van der Waals surface area contributed by atoms with Crippen LogP contribution in [-0.4, -0.2) is 67.6 Å². The van der Waals surface area contributed by atoms with E-state index in [-0.39, 0.29) is 6.04 Å².